The van der Waals surface area contributed by atoms with Crippen LogP contribution in [0.5, 0.6) is 0 Å². The molecular formula is C54H58O10. The lowest BCUT2D eigenvalue weighted by atomic mass is 9.97. The number of benzene rings is 6. The first-order valence-electron chi connectivity index (χ1n) is 22.1. The molecule has 10 nitrogen and oxygen atoms in total. The van der Waals surface area contributed by atoms with E-state index in [0.717, 1.165) is 33.4 Å². The molecule has 0 radical (unpaired) electrons. The summed E-state index contributed by atoms with van der Waals surface area (Å²) in [6, 6.07) is 59.7. The Balaban J connectivity index is 1.07. The monoisotopic (exact) mass is 866 g/mol. The summed E-state index contributed by atoms with van der Waals surface area (Å²) >= 11 is 0. The second-order valence-electron chi connectivity index (χ2n) is 16.2. The SMILES string of the molecule is C[C@@H]1OC(OC[C@H]2O[C@@H](O)[C@H](OCc3ccccc3)[C@@H](OCc3ccccc3)[C@H]2OCc2ccccc2)[C@@H](OCc2ccccc2)[C@H](OCc2ccccc2)[C@@H]1OCc1ccccc1. The van der Waals surface area contributed by atoms with Crippen LogP contribution in [0.2, 0.25) is 0 Å². The zero-order valence-corrected chi connectivity index (χ0v) is 36.2. The van der Waals surface area contributed by atoms with Gasteiger partial charge < -0.3 is 47.7 Å². The van der Waals surface area contributed by atoms with Crippen molar-refractivity contribution < 1.29 is 47.7 Å². The molecule has 2 aliphatic heterocycles. The van der Waals surface area contributed by atoms with Crippen LogP contribution in [0.15, 0.2) is 182 Å². The molecule has 0 amide bonds. The summed E-state index contributed by atoms with van der Waals surface area (Å²) in [6.45, 7) is 3.61. The highest BCUT2D eigenvalue weighted by Gasteiger charge is 2.51. The Morgan fingerprint density at radius 1 is 0.344 bits per heavy atom. The molecule has 10 heteroatoms. The van der Waals surface area contributed by atoms with Crippen LogP contribution >= 0.6 is 0 Å². The third kappa shape index (κ3) is 12.8. The second-order valence-corrected chi connectivity index (χ2v) is 16.2. The molecule has 6 aromatic carbocycles. The van der Waals surface area contributed by atoms with Crippen LogP contribution in [0.1, 0.15) is 40.3 Å². The van der Waals surface area contributed by atoms with Crippen molar-refractivity contribution in [3.05, 3.63) is 215 Å². The number of aliphatic hydroxyl groups excluding tert-OH is 1. The minimum absolute atomic E-state index is 0.0450. The van der Waals surface area contributed by atoms with Gasteiger partial charge in [-0.15, -0.1) is 0 Å². The van der Waals surface area contributed by atoms with Crippen LogP contribution < -0.4 is 0 Å². The maximum atomic E-state index is 11.8. The molecule has 2 fully saturated rings. The highest BCUT2D eigenvalue weighted by Crippen LogP contribution is 2.34. The van der Waals surface area contributed by atoms with Crippen LogP contribution in [-0.2, 0) is 82.3 Å². The molecule has 0 aliphatic carbocycles. The summed E-state index contributed by atoms with van der Waals surface area (Å²) < 4.78 is 60.2. The maximum absolute atomic E-state index is 11.8. The van der Waals surface area contributed by atoms with Gasteiger partial charge in [0.2, 0.25) is 0 Å². The van der Waals surface area contributed by atoms with E-state index in [9.17, 15) is 5.11 Å². The third-order valence-electron chi connectivity index (χ3n) is 11.5. The molecular weight excluding hydrogens is 809 g/mol. The summed E-state index contributed by atoms with van der Waals surface area (Å²) in [5.41, 5.74) is 5.90. The summed E-state index contributed by atoms with van der Waals surface area (Å²) in [4.78, 5) is 0. The lowest BCUT2D eigenvalue weighted by molar-refractivity contribution is -0.345. The lowest BCUT2D eigenvalue weighted by Gasteiger charge is -2.47. The highest BCUT2D eigenvalue weighted by molar-refractivity contribution is 5.18. The van der Waals surface area contributed by atoms with E-state index < -0.39 is 61.4 Å². The topological polar surface area (TPSA) is 103 Å². The molecule has 64 heavy (non-hydrogen) atoms. The molecule has 334 valence electrons. The fourth-order valence-corrected chi connectivity index (χ4v) is 8.09. The van der Waals surface area contributed by atoms with Crippen molar-refractivity contribution in [2.24, 2.45) is 0 Å². The number of hydrogen-bond donors (Lipinski definition) is 1. The first-order valence-corrected chi connectivity index (χ1v) is 22.1. The molecule has 6 aromatic rings. The van der Waals surface area contributed by atoms with Gasteiger partial charge in [0, 0.05) is 0 Å². The van der Waals surface area contributed by atoms with E-state index in [-0.39, 0.29) is 33.0 Å². The van der Waals surface area contributed by atoms with E-state index in [4.69, 9.17) is 42.6 Å². The van der Waals surface area contributed by atoms with Crippen LogP contribution in [-0.4, -0.2) is 73.1 Å². The van der Waals surface area contributed by atoms with Crippen LogP contribution in [0.4, 0.5) is 0 Å². The van der Waals surface area contributed by atoms with Crippen molar-refractivity contribution in [3.63, 3.8) is 0 Å². The number of hydrogen-bond acceptors (Lipinski definition) is 10. The van der Waals surface area contributed by atoms with Gasteiger partial charge in [0.1, 0.15) is 42.7 Å². The first kappa shape index (κ1) is 45.5. The van der Waals surface area contributed by atoms with Crippen LogP contribution in [0.25, 0.3) is 0 Å². The van der Waals surface area contributed by atoms with Gasteiger partial charge >= 0.3 is 0 Å². The molecule has 10 atom stereocenters. The minimum atomic E-state index is -1.37. The zero-order chi connectivity index (χ0) is 43.8. The average Bonchev–Trinajstić information content (AvgIpc) is 3.35. The third-order valence-corrected chi connectivity index (χ3v) is 11.5. The fraction of sp³-hybridized carbons (Fsp3) is 0.333. The van der Waals surface area contributed by atoms with Crippen molar-refractivity contribution in [2.75, 3.05) is 6.61 Å². The summed E-state index contributed by atoms with van der Waals surface area (Å²) in [7, 11) is 0. The Morgan fingerprint density at radius 2 is 0.641 bits per heavy atom. The first-order chi connectivity index (χ1) is 31.6. The second kappa shape index (κ2) is 23.7. The van der Waals surface area contributed by atoms with Crippen molar-refractivity contribution in [1.82, 2.24) is 0 Å². The lowest BCUT2D eigenvalue weighted by Crippen LogP contribution is -2.63. The number of rotatable bonds is 21. The molecule has 1 N–H and O–H groups in total. The van der Waals surface area contributed by atoms with E-state index in [1.807, 2.05) is 189 Å². The van der Waals surface area contributed by atoms with E-state index >= 15 is 0 Å². The maximum Gasteiger partial charge on any atom is 0.186 e. The predicted octanol–water partition coefficient (Wildman–Crippen LogP) is 8.98. The minimum Gasteiger partial charge on any atom is -0.368 e. The van der Waals surface area contributed by atoms with Crippen LogP contribution in [0, 0.1) is 0 Å². The molecule has 0 bridgehead atoms. The summed E-state index contributed by atoms with van der Waals surface area (Å²) in [5, 5.41) is 11.8. The molecule has 2 aliphatic rings. The quantitative estimate of drug-likeness (QED) is 0.0755. The molecule has 0 aromatic heterocycles. The van der Waals surface area contributed by atoms with Crippen molar-refractivity contribution in [1.29, 1.82) is 0 Å². The highest BCUT2D eigenvalue weighted by atomic mass is 16.7. The molecule has 2 heterocycles. The van der Waals surface area contributed by atoms with Gasteiger partial charge in [0.25, 0.3) is 0 Å². The Morgan fingerprint density at radius 3 is 1.02 bits per heavy atom. The zero-order valence-electron chi connectivity index (χ0n) is 36.2. The van der Waals surface area contributed by atoms with Crippen molar-refractivity contribution in [3.8, 4) is 0 Å². The van der Waals surface area contributed by atoms with E-state index in [0.29, 0.717) is 13.2 Å². The van der Waals surface area contributed by atoms with Gasteiger partial charge in [-0.2, -0.15) is 0 Å². The van der Waals surface area contributed by atoms with E-state index in [1.54, 1.807) is 0 Å². The molecule has 1 unspecified atom stereocenters. The molecule has 0 saturated carbocycles. The predicted molar refractivity (Wildman–Crippen MR) is 241 cm³/mol. The molecule has 2 saturated heterocycles. The molecule has 8 rings (SSSR count). The van der Waals surface area contributed by atoms with Gasteiger partial charge in [-0.3, -0.25) is 0 Å². The molecule has 0 spiro atoms. The van der Waals surface area contributed by atoms with Gasteiger partial charge in [0.05, 0.1) is 52.4 Å². The van der Waals surface area contributed by atoms with Gasteiger partial charge in [-0.05, 0) is 40.3 Å². The standard InChI is InChI=1S/C54H58O10/c1-39-47(56-32-40-20-8-2-9-21-40)49(58-34-42-24-12-4-13-25-42)52(61-37-45-30-18-7-19-31-45)54(63-39)62-38-46-48(57-33-41-22-10-3-11-23-41)50(59-35-43-26-14-5-15-27-43)51(53(55)64-46)60-36-44-28-16-6-17-29-44/h2-31,39,46-55H,32-38H2,1H3/t39-,46+,47+,48-,49+,50-,51+,52-,53+,54?/m0/s1. The number of ether oxygens (including phenoxy) is 9. The normalized spacial score (nSPS) is 25.8. The van der Waals surface area contributed by atoms with Crippen LogP contribution in [0.3, 0.4) is 0 Å². The van der Waals surface area contributed by atoms with Crippen molar-refractivity contribution >= 4 is 0 Å². The average molecular weight is 867 g/mol. The number of aliphatic hydroxyl groups is 1. The Bertz CT molecular complexity index is 2030. The van der Waals surface area contributed by atoms with E-state index in [1.165, 1.54) is 0 Å². The smallest absolute Gasteiger partial charge is 0.186 e. The Kier molecular flexibility index (Phi) is 16.9. The summed E-state index contributed by atoms with van der Waals surface area (Å²) in [6.07, 6.45) is -7.86. The Labute approximate surface area is 376 Å². The van der Waals surface area contributed by atoms with Crippen molar-refractivity contribution in [2.45, 2.75) is 108 Å². The Hall–Kier alpha value is -5.08. The van der Waals surface area contributed by atoms with Gasteiger partial charge in [-0.1, -0.05) is 182 Å². The largest absolute Gasteiger partial charge is 0.368 e. The van der Waals surface area contributed by atoms with Gasteiger partial charge in [-0.25, -0.2) is 0 Å². The summed E-state index contributed by atoms with van der Waals surface area (Å²) in [5.74, 6) is 0. The van der Waals surface area contributed by atoms with E-state index in [2.05, 4.69) is 0 Å². The van der Waals surface area contributed by atoms with Gasteiger partial charge in [0.15, 0.2) is 12.6 Å². The fourth-order valence-electron chi connectivity index (χ4n) is 8.09.